The normalized spacial score (nSPS) is 18.1. The van der Waals surface area contributed by atoms with E-state index in [9.17, 15) is 19.2 Å². The van der Waals surface area contributed by atoms with Gasteiger partial charge in [-0.3, -0.25) is 9.59 Å². The average molecular weight is 739 g/mol. The lowest BCUT2D eigenvalue weighted by Crippen LogP contribution is -2.51. The van der Waals surface area contributed by atoms with E-state index in [0.717, 1.165) is 64.6 Å². The number of rotatable bonds is 11. The molecule has 2 unspecified atom stereocenters. The van der Waals surface area contributed by atoms with E-state index in [1.807, 2.05) is 38.8 Å². The maximum atomic E-state index is 13.5. The fourth-order valence-electron chi connectivity index (χ4n) is 7.30. The number of hydrogen-bond acceptors (Lipinski definition) is 8. The number of likely N-dealkylation sites (tertiary alicyclic amines) is 2. The molecule has 14 nitrogen and oxygen atoms in total. The van der Waals surface area contributed by atoms with Crippen molar-refractivity contribution in [3.63, 3.8) is 0 Å². The first-order valence-electron chi connectivity index (χ1n) is 18.6. The Morgan fingerprint density at radius 3 is 1.69 bits per heavy atom. The molecule has 2 aliphatic heterocycles. The number of H-pyrrole nitrogens is 2. The van der Waals surface area contributed by atoms with Crippen LogP contribution in [0.1, 0.15) is 70.6 Å². The Balaban J connectivity index is 1.07. The molecule has 2 saturated heterocycles. The summed E-state index contributed by atoms with van der Waals surface area (Å²) in [7, 11) is 2.58. The van der Waals surface area contributed by atoms with E-state index in [1.165, 1.54) is 14.2 Å². The van der Waals surface area contributed by atoms with Gasteiger partial charge in [0, 0.05) is 25.6 Å². The number of imidazole rings is 2. The van der Waals surface area contributed by atoms with E-state index in [0.29, 0.717) is 19.6 Å². The van der Waals surface area contributed by atoms with Gasteiger partial charge in [-0.15, -0.1) is 0 Å². The summed E-state index contributed by atoms with van der Waals surface area (Å²) in [5, 5.41) is 5.36. The minimum absolute atomic E-state index is 0.0736. The van der Waals surface area contributed by atoms with E-state index < -0.39 is 24.3 Å². The number of nitrogens with zero attached hydrogens (tertiary/aromatic N) is 4. The molecule has 0 bridgehead atoms. The van der Waals surface area contributed by atoms with Gasteiger partial charge in [-0.05, 0) is 53.4 Å². The molecular weight excluding hydrogens is 688 g/mol. The molecule has 0 radical (unpaired) electrons. The lowest BCUT2D eigenvalue weighted by Gasteiger charge is -2.30. The minimum Gasteiger partial charge on any atom is -0.453 e. The number of carbonyl (C=O) groups excluding carboxylic acids is 4. The molecular formula is C40H50N8O6. The molecule has 4 amide bonds. The Bertz CT molecular complexity index is 1940. The van der Waals surface area contributed by atoms with Gasteiger partial charge in [0.15, 0.2) is 0 Å². The number of methoxy groups -OCH3 is 2. The standard InChI is InChI=1S/C40H50N8O6/c1-23(2)33(45-39(51)53-5)37(49)47-19-17-29(22-47)35-41-20-30(43-35)27-13-9-25(10-14-27)26-11-15-28(16-12-26)31-21-42-36(44-31)32-8-7-18-48(32)38(50)34(24(3)4)46-40(52)54-6/h9-16,20-21,23-24,29,32-34H,7-8,17-19,22H2,1-6H3,(H,41,43)(H,42,44)(H,45,51)(H,46,52)/t29?,32?,33-,34-/m0/s1. The summed E-state index contributed by atoms with van der Waals surface area (Å²) in [6.45, 7) is 9.32. The fourth-order valence-corrected chi connectivity index (χ4v) is 7.30. The van der Waals surface area contributed by atoms with E-state index in [4.69, 9.17) is 9.47 Å². The Morgan fingerprint density at radius 1 is 0.685 bits per heavy atom. The van der Waals surface area contributed by atoms with Crippen LogP contribution in [0.25, 0.3) is 33.6 Å². The quantitative estimate of drug-likeness (QED) is 0.148. The van der Waals surface area contributed by atoms with Crippen molar-refractivity contribution in [2.75, 3.05) is 33.9 Å². The van der Waals surface area contributed by atoms with Crippen LogP contribution >= 0.6 is 0 Å². The van der Waals surface area contributed by atoms with Crippen LogP contribution in [0.2, 0.25) is 0 Å². The Morgan fingerprint density at radius 2 is 1.17 bits per heavy atom. The smallest absolute Gasteiger partial charge is 0.407 e. The van der Waals surface area contributed by atoms with Gasteiger partial charge in [0.25, 0.3) is 0 Å². The van der Waals surface area contributed by atoms with Crippen LogP contribution < -0.4 is 10.6 Å². The van der Waals surface area contributed by atoms with E-state index in [-0.39, 0.29) is 35.6 Å². The third kappa shape index (κ3) is 8.27. The zero-order valence-corrected chi connectivity index (χ0v) is 31.7. The maximum Gasteiger partial charge on any atom is 0.407 e. The maximum absolute atomic E-state index is 13.5. The summed E-state index contributed by atoms with van der Waals surface area (Å²) in [6, 6.07) is 15.0. The van der Waals surface area contributed by atoms with Gasteiger partial charge in [0.2, 0.25) is 11.8 Å². The Kier molecular flexibility index (Phi) is 11.7. The summed E-state index contributed by atoms with van der Waals surface area (Å²) in [5.74, 6) is 1.21. The summed E-state index contributed by atoms with van der Waals surface area (Å²) < 4.78 is 9.47. The van der Waals surface area contributed by atoms with Crippen LogP contribution in [0.4, 0.5) is 9.59 Å². The van der Waals surface area contributed by atoms with Crippen LogP contribution in [-0.4, -0.2) is 99.7 Å². The van der Waals surface area contributed by atoms with Crippen LogP contribution in [0.5, 0.6) is 0 Å². The number of carbonyl (C=O) groups is 4. The summed E-state index contributed by atoms with van der Waals surface area (Å²) >= 11 is 0. The molecule has 2 aromatic carbocycles. The third-order valence-electron chi connectivity index (χ3n) is 10.4. The van der Waals surface area contributed by atoms with Crippen LogP contribution in [0, 0.1) is 11.8 Å². The Hall–Kier alpha value is -5.66. The number of hydrogen-bond donors (Lipinski definition) is 4. The molecule has 0 spiro atoms. The number of alkyl carbamates (subject to hydrolysis) is 2. The second kappa shape index (κ2) is 16.6. The fraction of sp³-hybridized carbons (Fsp3) is 0.450. The second-order valence-corrected chi connectivity index (χ2v) is 14.7. The molecule has 4 atom stereocenters. The highest BCUT2D eigenvalue weighted by molar-refractivity contribution is 5.87. The molecule has 286 valence electrons. The third-order valence-corrected chi connectivity index (χ3v) is 10.4. The molecule has 2 aliphatic rings. The van der Waals surface area contributed by atoms with Crippen molar-refractivity contribution >= 4 is 24.0 Å². The topological polar surface area (TPSA) is 175 Å². The van der Waals surface area contributed by atoms with Crippen molar-refractivity contribution in [2.24, 2.45) is 11.8 Å². The zero-order valence-electron chi connectivity index (χ0n) is 31.7. The first kappa shape index (κ1) is 38.1. The predicted octanol–water partition coefficient (Wildman–Crippen LogP) is 5.87. The van der Waals surface area contributed by atoms with E-state index in [1.54, 1.807) is 11.1 Å². The first-order chi connectivity index (χ1) is 26.0. The number of aromatic nitrogens is 4. The molecule has 54 heavy (non-hydrogen) atoms. The number of aromatic amines is 2. The molecule has 4 heterocycles. The summed E-state index contributed by atoms with van der Waals surface area (Å²) in [5.41, 5.74) is 5.89. The highest BCUT2D eigenvalue weighted by Gasteiger charge is 2.38. The van der Waals surface area contributed by atoms with Gasteiger partial charge in [0.1, 0.15) is 23.7 Å². The lowest BCUT2D eigenvalue weighted by atomic mass is 10.0. The molecule has 6 rings (SSSR count). The Labute approximate surface area is 315 Å². The van der Waals surface area contributed by atoms with Gasteiger partial charge in [-0.1, -0.05) is 76.2 Å². The number of benzene rings is 2. The molecule has 4 N–H and O–H groups in total. The highest BCUT2D eigenvalue weighted by atomic mass is 16.5. The molecule has 0 aliphatic carbocycles. The molecule has 0 saturated carbocycles. The van der Waals surface area contributed by atoms with Crippen LogP contribution in [-0.2, 0) is 19.1 Å². The lowest BCUT2D eigenvalue weighted by molar-refractivity contribution is -0.135. The minimum atomic E-state index is -0.684. The van der Waals surface area contributed by atoms with Gasteiger partial charge in [-0.25, -0.2) is 19.6 Å². The molecule has 2 aromatic heterocycles. The van der Waals surface area contributed by atoms with Crippen molar-refractivity contribution in [3.8, 4) is 33.6 Å². The monoisotopic (exact) mass is 738 g/mol. The van der Waals surface area contributed by atoms with E-state index in [2.05, 4.69) is 79.1 Å². The van der Waals surface area contributed by atoms with Crippen molar-refractivity contribution in [2.45, 2.75) is 71.0 Å². The average Bonchev–Trinajstić information content (AvgIpc) is 4.02. The second-order valence-electron chi connectivity index (χ2n) is 14.7. The van der Waals surface area contributed by atoms with Crippen LogP contribution in [0.3, 0.4) is 0 Å². The summed E-state index contributed by atoms with van der Waals surface area (Å²) in [4.78, 5) is 70.3. The predicted molar refractivity (Wildman–Crippen MR) is 203 cm³/mol. The van der Waals surface area contributed by atoms with Gasteiger partial charge < -0.3 is 39.9 Å². The van der Waals surface area contributed by atoms with Crippen molar-refractivity contribution in [1.29, 1.82) is 0 Å². The zero-order chi connectivity index (χ0) is 38.5. The SMILES string of the molecule is COC(=O)N[C@H](C(=O)N1CCC(c2ncc(-c3ccc(-c4ccc(-c5cnc(C6CCCN6C(=O)[C@@H](NC(=O)OC)C(C)C)[nH]5)cc4)cc3)[nH]2)C1)C(C)C. The van der Waals surface area contributed by atoms with Crippen LogP contribution in [0.15, 0.2) is 60.9 Å². The highest BCUT2D eigenvalue weighted by Crippen LogP contribution is 2.34. The van der Waals surface area contributed by atoms with Gasteiger partial charge in [0.05, 0.1) is 44.0 Å². The number of ether oxygens (including phenoxy) is 2. The van der Waals surface area contributed by atoms with Gasteiger partial charge in [-0.2, -0.15) is 0 Å². The van der Waals surface area contributed by atoms with Crippen molar-refractivity contribution < 1.29 is 28.7 Å². The van der Waals surface area contributed by atoms with Crippen molar-refractivity contribution in [1.82, 2.24) is 40.4 Å². The molecule has 14 heteroatoms. The van der Waals surface area contributed by atoms with Gasteiger partial charge >= 0.3 is 12.2 Å². The molecule has 2 fully saturated rings. The van der Waals surface area contributed by atoms with Crippen molar-refractivity contribution in [3.05, 3.63) is 72.6 Å². The largest absolute Gasteiger partial charge is 0.453 e. The first-order valence-corrected chi connectivity index (χ1v) is 18.6. The number of amides is 4. The van der Waals surface area contributed by atoms with E-state index >= 15 is 0 Å². The molecule has 4 aromatic rings. The summed E-state index contributed by atoms with van der Waals surface area (Å²) in [6.07, 6.45) is 4.82. The number of nitrogens with one attached hydrogen (secondary N) is 4.